The number of Topliss-reactive ketones (excluding diaryl/α,β-unsaturated/α-hetero) is 1. The van der Waals surface area contributed by atoms with Crippen molar-refractivity contribution in [1.82, 2.24) is 5.32 Å². The minimum absolute atomic E-state index is 0.101. The van der Waals surface area contributed by atoms with Crippen LogP contribution in [0.5, 0.6) is 5.75 Å². The topological polar surface area (TPSA) is 101 Å². The van der Waals surface area contributed by atoms with Crippen molar-refractivity contribution in [3.8, 4) is 5.75 Å². The number of allylic oxidation sites excluding steroid dienone is 1. The second-order valence-electron chi connectivity index (χ2n) is 15.5. The Balaban J connectivity index is 1.31. The second kappa shape index (κ2) is 7.28. The van der Waals surface area contributed by atoms with Crippen molar-refractivity contribution >= 4 is 11.7 Å². The van der Waals surface area contributed by atoms with Crippen LogP contribution in [0.4, 0.5) is 0 Å². The monoisotopic (exact) mass is 559 g/mol. The SMILES string of the molecule is CC1=C2[C@@H](C)[C@@]3(C)O[C@H]3[C@]2(C)[C@H]2C(=O)[C@]34O[C@H]3[C@](O)(Cc3ccc(cc3)O[C@@H]3[C@H]5[C@@H](C[C@H](C)C[C@@H]5C)[C@H]1[C@H]32)NC4=O. The van der Waals surface area contributed by atoms with E-state index in [0.717, 1.165) is 24.2 Å². The second-order valence-corrected chi connectivity index (χ2v) is 15.5. The van der Waals surface area contributed by atoms with Crippen molar-refractivity contribution in [3.05, 3.63) is 41.0 Å². The summed E-state index contributed by atoms with van der Waals surface area (Å²) >= 11 is 0. The van der Waals surface area contributed by atoms with E-state index in [1.807, 2.05) is 24.3 Å². The predicted octanol–water partition coefficient (Wildman–Crippen LogP) is 3.82. The Hall–Kier alpha value is -2.22. The molecule has 1 aromatic carbocycles. The Kier molecular flexibility index (Phi) is 4.49. The number of fused-ring (bicyclic) bond motifs is 7. The number of ketones is 1. The zero-order valence-electron chi connectivity index (χ0n) is 24.8. The van der Waals surface area contributed by atoms with Crippen LogP contribution in [-0.2, 0) is 25.5 Å². The summed E-state index contributed by atoms with van der Waals surface area (Å²) in [6.45, 7) is 13.7. The van der Waals surface area contributed by atoms with Gasteiger partial charge in [-0.3, -0.25) is 9.59 Å². The average molecular weight is 560 g/mol. The summed E-state index contributed by atoms with van der Waals surface area (Å²) in [6, 6.07) is 7.90. The van der Waals surface area contributed by atoms with E-state index in [9.17, 15) is 9.90 Å². The summed E-state index contributed by atoms with van der Waals surface area (Å²) in [6.07, 6.45) is 1.26. The number of hydrogen-bond acceptors (Lipinski definition) is 6. The molecule has 0 radical (unpaired) electrons. The van der Waals surface area contributed by atoms with E-state index in [1.54, 1.807) is 0 Å². The van der Waals surface area contributed by atoms with Crippen LogP contribution in [0.15, 0.2) is 35.4 Å². The summed E-state index contributed by atoms with van der Waals surface area (Å²) < 4.78 is 19.7. The summed E-state index contributed by atoms with van der Waals surface area (Å²) in [5.41, 5.74) is -0.544. The lowest BCUT2D eigenvalue weighted by atomic mass is 9.53. The lowest BCUT2D eigenvalue weighted by Gasteiger charge is -2.50. The third kappa shape index (κ3) is 2.70. The molecular weight excluding hydrogens is 518 g/mol. The van der Waals surface area contributed by atoms with Gasteiger partial charge in [0.05, 0.1) is 11.7 Å². The largest absolute Gasteiger partial charge is 0.490 e. The third-order valence-corrected chi connectivity index (χ3v) is 13.5. The van der Waals surface area contributed by atoms with Crippen molar-refractivity contribution in [3.63, 3.8) is 0 Å². The maximum atomic E-state index is 15.3. The molecule has 5 aliphatic heterocycles. The van der Waals surface area contributed by atoms with E-state index in [4.69, 9.17) is 14.2 Å². The molecule has 5 heterocycles. The molecule has 218 valence electrons. The molecule has 7 heteroatoms. The molecule has 0 aromatic heterocycles. The highest BCUT2D eigenvalue weighted by molar-refractivity contribution is 6.16. The highest BCUT2D eigenvalue weighted by atomic mass is 16.6. The van der Waals surface area contributed by atoms with Crippen molar-refractivity contribution in [2.75, 3.05) is 0 Å². The Bertz CT molecular complexity index is 1450. The van der Waals surface area contributed by atoms with E-state index in [2.05, 4.69) is 46.9 Å². The lowest BCUT2D eigenvalue weighted by Crippen LogP contribution is -2.56. The van der Waals surface area contributed by atoms with Gasteiger partial charge in [-0.2, -0.15) is 0 Å². The van der Waals surface area contributed by atoms with Crippen LogP contribution in [-0.4, -0.2) is 52.0 Å². The fraction of sp³-hybridized carbons (Fsp3) is 0.706. The number of carbonyl (C=O) groups excluding carboxylic acids is 2. The molecule has 6 fully saturated rings. The van der Waals surface area contributed by atoms with Crippen LogP contribution in [0, 0.1) is 52.8 Å². The Morgan fingerprint density at radius 2 is 1.71 bits per heavy atom. The molecule has 41 heavy (non-hydrogen) atoms. The van der Waals surface area contributed by atoms with E-state index in [0.29, 0.717) is 23.7 Å². The zero-order chi connectivity index (χ0) is 28.6. The molecule has 4 bridgehead atoms. The molecule has 2 N–H and O–H groups in total. The molecule has 1 aromatic rings. The van der Waals surface area contributed by atoms with Crippen molar-refractivity contribution in [2.24, 2.45) is 52.8 Å². The van der Waals surface area contributed by atoms with Gasteiger partial charge < -0.3 is 24.6 Å². The Labute approximate surface area is 241 Å². The quantitative estimate of drug-likeness (QED) is 0.285. The van der Waals surface area contributed by atoms with Gasteiger partial charge in [-0.1, -0.05) is 51.0 Å². The number of hydrogen-bond donors (Lipinski definition) is 2. The molecule has 3 saturated carbocycles. The predicted molar refractivity (Wildman–Crippen MR) is 149 cm³/mol. The molecule has 15 atom stereocenters. The summed E-state index contributed by atoms with van der Waals surface area (Å²) in [5, 5.41) is 14.5. The van der Waals surface area contributed by atoms with Crippen molar-refractivity contribution < 1.29 is 28.9 Å². The fourth-order valence-electron chi connectivity index (χ4n) is 12.0. The minimum Gasteiger partial charge on any atom is -0.490 e. The van der Waals surface area contributed by atoms with Gasteiger partial charge in [-0.15, -0.1) is 0 Å². The van der Waals surface area contributed by atoms with Crippen LogP contribution >= 0.6 is 0 Å². The molecule has 0 unspecified atom stereocenters. The van der Waals surface area contributed by atoms with Gasteiger partial charge >= 0.3 is 0 Å². The van der Waals surface area contributed by atoms with Gasteiger partial charge in [0.2, 0.25) is 5.60 Å². The lowest BCUT2D eigenvalue weighted by molar-refractivity contribution is -0.146. The first-order chi connectivity index (χ1) is 19.4. The minimum atomic E-state index is -1.66. The van der Waals surface area contributed by atoms with Gasteiger partial charge in [-0.05, 0) is 68.1 Å². The first-order valence-corrected chi connectivity index (χ1v) is 15.8. The van der Waals surface area contributed by atoms with Gasteiger partial charge in [0.1, 0.15) is 11.9 Å². The normalized spacial score (nSPS) is 57.2. The highest BCUT2D eigenvalue weighted by Gasteiger charge is 2.86. The molecular formula is C34H41NO6. The first-order valence-electron chi connectivity index (χ1n) is 15.8. The molecule has 4 aliphatic carbocycles. The molecule has 7 nitrogen and oxygen atoms in total. The van der Waals surface area contributed by atoms with Crippen LogP contribution in [0.3, 0.4) is 0 Å². The fourth-order valence-corrected chi connectivity index (χ4v) is 12.0. The first kappa shape index (κ1) is 25.3. The van der Waals surface area contributed by atoms with Crippen LogP contribution < -0.4 is 10.1 Å². The standard InChI is InChI=1S/C34H41NO6/c1-14-11-15(2)21-20(12-14)22-16(3)24-17(4)32(6)28(40-32)31(24,5)25-23(22)26(21)39-19-9-7-18(8-10-19)13-33(38)29-34(41-29,27(25)36)30(37)35-33/h7-10,14-15,17,20-23,25-26,28-29,38H,11-13H2,1-6H3,(H,35,37)/t14-,15+,17-,20-,21-,22+,23+,25-,26-,28+,29+,31+,32-,33-,34+/m1/s1. The zero-order valence-corrected chi connectivity index (χ0v) is 24.8. The van der Waals surface area contributed by atoms with Gasteiger partial charge in [0, 0.05) is 35.5 Å². The number of rotatable bonds is 0. The Morgan fingerprint density at radius 1 is 0.976 bits per heavy atom. The highest BCUT2D eigenvalue weighted by Crippen LogP contribution is 2.75. The number of amides is 1. The average Bonchev–Trinajstić information content (AvgIpc) is 3.76. The number of morpholine rings is 1. The van der Waals surface area contributed by atoms with E-state index in [-0.39, 0.29) is 47.8 Å². The van der Waals surface area contributed by atoms with Crippen LogP contribution in [0.1, 0.15) is 59.9 Å². The molecule has 1 amide bonds. The number of nitrogens with one attached hydrogen (secondary N) is 1. The van der Waals surface area contributed by atoms with Crippen LogP contribution in [0.25, 0.3) is 0 Å². The number of ether oxygens (including phenoxy) is 3. The van der Waals surface area contributed by atoms with E-state index >= 15 is 4.79 Å². The Morgan fingerprint density at radius 3 is 2.41 bits per heavy atom. The van der Waals surface area contributed by atoms with Crippen LogP contribution in [0.2, 0.25) is 0 Å². The summed E-state index contributed by atoms with van der Waals surface area (Å²) in [7, 11) is 0. The van der Waals surface area contributed by atoms with Crippen molar-refractivity contribution in [1.29, 1.82) is 0 Å². The van der Waals surface area contributed by atoms with E-state index < -0.39 is 34.7 Å². The maximum Gasteiger partial charge on any atom is 0.265 e. The summed E-state index contributed by atoms with van der Waals surface area (Å²) in [4.78, 5) is 29.0. The third-order valence-electron chi connectivity index (χ3n) is 13.5. The van der Waals surface area contributed by atoms with Gasteiger partial charge in [-0.25, -0.2) is 0 Å². The van der Waals surface area contributed by atoms with Gasteiger partial charge in [0.15, 0.2) is 17.6 Å². The summed E-state index contributed by atoms with van der Waals surface area (Å²) in [5.74, 6) is 1.65. The molecule has 10 rings (SSSR count). The smallest absolute Gasteiger partial charge is 0.265 e. The maximum absolute atomic E-state index is 15.3. The van der Waals surface area contributed by atoms with Crippen molar-refractivity contribution in [2.45, 2.75) is 96.0 Å². The molecule has 0 spiro atoms. The number of benzene rings is 1. The number of carbonyl (C=O) groups is 2. The molecule has 9 aliphatic rings. The van der Waals surface area contributed by atoms with E-state index in [1.165, 1.54) is 11.1 Å². The molecule has 3 saturated heterocycles. The van der Waals surface area contributed by atoms with Gasteiger partial charge in [0.25, 0.3) is 5.91 Å². The number of aliphatic hydroxyl groups is 1. The number of epoxide rings is 2.